The second kappa shape index (κ2) is 5.53. The van der Waals surface area contributed by atoms with Gasteiger partial charge < -0.3 is 5.73 Å². The smallest absolute Gasteiger partial charge is 0.295 e. The molecule has 1 aliphatic rings. The SMILES string of the molecule is Nc1c2c(cc(=O)n1-c1c(Br)cc(Br)cc1[N+](=O)[O-])C(=O)NC2=O. The van der Waals surface area contributed by atoms with Gasteiger partial charge in [-0.05, 0) is 22.0 Å². The number of hydrogen-bond acceptors (Lipinski definition) is 6. The maximum Gasteiger partial charge on any atom is 0.295 e. The van der Waals surface area contributed by atoms with Gasteiger partial charge in [-0.15, -0.1) is 0 Å². The Kier molecular flexibility index (Phi) is 3.76. The van der Waals surface area contributed by atoms with Crippen molar-refractivity contribution in [1.82, 2.24) is 9.88 Å². The maximum absolute atomic E-state index is 12.4. The van der Waals surface area contributed by atoms with Crippen LogP contribution in [0, 0.1) is 10.1 Å². The van der Waals surface area contributed by atoms with Crippen molar-refractivity contribution in [2.45, 2.75) is 0 Å². The monoisotopic (exact) mass is 456 g/mol. The van der Waals surface area contributed by atoms with E-state index in [4.69, 9.17) is 5.73 Å². The van der Waals surface area contributed by atoms with Crippen molar-refractivity contribution in [3.63, 3.8) is 0 Å². The highest BCUT2D eigenvalue weighted by Crippen LogP contribution is 2.36. The molecule has 0 spiro atoms. The van der Waals surface area contributed by atoms with Gasteiger partial charge in [0.2, 0.25) is 0 Å². The van der Waals surface area contributed by atoms with Gasteiger partial charge >= 0.3 is 0 Å². The van der Waals surface area contributed by atoms with Crippen LogP contribution in [0.5, 0.6) is 0 Å². The minimum Gasteiger partial charge on any atom is -0.384 e. The third-order valence-electron chi connectivity index (χ3n) is 3.38. The van der Waals surface area contributed by atoms with Crippen LogP contribution in [-0.2, 0) is 0 Å². The number of pyridine rings is 1. The first-order chi connectivity index (χ1) is 11.2. The van der Waals surface area contributed by atoms with Gasteiger partial charge in [0.05, 0.1) is 16.1 Å². The Labute approximate surface area is 149 Å². The Balaban J connectivity index is 2.44. The number of halogens is 2. The Morgan fingerprint density at radius 3 is 2.42 bits per heavy atom. The Morgan fingerprint density at radius 2 is 1.79 bits per heavy atom. The number of rotatable bonds is 2. The summed E-state index contributed by atoms with van der Waals surface area (Å²) in [6, 6.07) is 3.61. The van der Waals surface area contributed by atoms with Gasteiger partial charge in [0.1, 0.15) is 11.5 Å². The van der Waals surface area contributed by atoms with E-state index in [9.17, 15) is 24.5 Å². The number of anilines is 1. The maximum atomic E-state index is 12.4. The third kappa shape index (κ3) is 2.32. The average Bonchev–Trinajstić information content (AvgIpc) is 2.75. The summed E-state index contributed by atoms with van der Waals surface area (Å²) in [4.78, 5) is 46.6. The number of nitrogens with zero attached hydrogens (tertiary/aromatic N) is 2. The summed E-state index contributed by atoms with van der Waals surface area (Å²) in [7, 11) is 0. The van der Waals surface area contributed by atoms with E-state index in [1.54, 1.807) is 0 Å². The van der Waals surface area contributed by atoms with Crippen molar-refractivity contribution in [3.8, 4) is 5.69 Å². The van der Waals surface area contributed by atoms with E-state index in [1.165, 1.54) is 12.1 Å². The molecule has 122 valence electrons. The lowest BCUT2D eigenvalue weighted by molar-refractivity contribution is -0.384. The lowest BCUT2D eigenvalue weighted by atomic mass is 10.1. The highest BCUT2D eigenvalue weighted by atomic mass is 79.9. The van der Waals surface area contributed by atoms with Gasteiger partial charge in [-0.3, -0.25) is 34.4 Å². The standard InChI is InChI=1S/C13H6Br2N4O5/c14-4-1-6(15)10(7(2-4)19(23)24)18-8(20)3-5-9(11(18)16)13(22)17-12(5)21/h1-3H,16H2,(H,17,21,22). The Hall–Kier alpha value is -2.53. The highest BCUT2D eigenvalue weighted by Gasteiger charge is 2.33. The first kappa shape index (κ1) is 16.3. The van der Waals surface area contributed by atoms with E-state index in [2.05, 4.69) is 31.9 Å². The number of amides is 2. The summed E-state index contributed by atoms with van der Waals surface area (Å²) in [5.41, 5.74) is 4.22. The summed E-state index contributed by atoms with van der Waals surface area (Å²) in [6.07, 6.45) is 0. The predicted octanol–water partition coefficient (Wildman–Crippen LogP) is 1.74. The van der Waals surface area contributed by atoms with Crippen LogP contribution < -0.4 is 16.6 Å². The number of nitrogens with one attached hydrogen (secondary N) is 1. The minimum atomic E-state index is -0.776. The Morgan fingerprint density at radius 1 is 1.12 bits per heavy atom. The first-order valence-electron chi connectivity index (χ1n) is 6.27. The molecule has 0 fully saturated rings. The molecule has 2 heterocycles. The van der Waals surface area contributed by atoms with Crippen molar-refractivity contribution >= 4 is 55.2 Å². The molecular formula is C13H6Br2N4O5. The molecule has 9 nitrogen and oxygen atoms in total. The number of nitrogens with two attached hydrogens (primary N) is 1. The molecule has 0 radical (unpaired) electrons. The Bertz CT molecular complexity index is 1010. The number of nitro benzene ring substituents is 1. The van der Waals surface area contributed by atoms with Crippen LogP contribution in [0.3, 0.4) is 0 Å². The van der Waals surface area contributed by atoms with Gasteiger partial charge in [0.25, 0.3) is 23.1 Å². The van der Waals surface area contributed by atoms with Crippen molar-refractivity contribution in [3.05, 3.63) is 58.7 Å². The van der Waals surface area contributed by atoms with Gasteiger partial charge in [-0.25, -0.2) is 0 Å². The fourth-order valence-electron chi connectivity index (χ4n) is 2.42. The topological polar surface area (TPSA) is 137 Å². The van der Waals surface area contributed by atoms with E-state index < -0.39 is 28.0 Å². The number of benzene rings is 1. The quantitative estimate of drug-likeness (QED) is 0.400. The van der Waals surface area contributed by atoms with Crippen molar-refractivity contribution < 1.29 is 14.5 Å². The largest absolute Gasteiger partial charge is 0.384 e. The average molecular weight is 458 g/mol. The molecule has 1 aliphatic heterocycles. The number of nitro groups is 1. The normalized spacial score (nSPS) is 12.9. The number of hydrogen-bond donors (Lipinski definition) is 2. The molecule has 24 heavy (non-hydrogen) atoms. The molecule has 0 bridgehead atoms. The van der Waals surface area contributed by atoms with Gasteiger partial charge in [-0.1, -0.05) is 15.9 Å². The lowest BCUT2D eigenvalue weighted by Gasteiger charge is -2.14. The van der Waals surface area contributed by atoms with E-state index in [0.29, 0.717) is 4.47 Å². The first-order valence-corrected chi connectivity index (χ1v) is 7.86. The van der Waals surface area contributed by atoms with E-state index in [0.717, 1.165) is 10.6 Å². The number of carbonyl (C=O) groups excluding carboxylic acids is 2. The summed E-state index contributed by atoms with van der Waals surface area (Å²) in [5.74, 6) is -1.86. The molecule has 3 N–H and O–H groups in total. The summed E-state index contributed by atoms with van der Waals surface area (Å²) in [6.45, 7) is 0. The number of carbonyl (C=O) groups is 2. The lowest BCUT2D eigenvalue weighted by Crippen LogP contribution is -2.25. The number of fused-ring (bicyclic) bond motifs is 1. The molecule has 0 saturated heterocycles. The molecule has 2 amide bonds. The molecule has 0 unspecified atom stereocenters. The molecule has 2 aromatic rings. The van der Waals surface area contributed by atoms with Crippen LogP contribution in [0.1, 0.15) is 20.7 Å². The summed E-state index contributed by atoms with van der Waals surface area (Å²) in [5, 5.41) is 13.4. The predicted molar refractivity (Wildman–Crippen MR) is 90.3 cm³/mol. The van der Waals surface area contributed by atoms with Crippen LogP contribution in [-0.4, -0.2) is 21.3 Å². The van der Waals surface area contributed by atoms with Gasteiger partial charge in [-0.2, -0.15) is 0 Å². The molecule has 1 aromatic carbocycles. The fourth-order valence-corrected chi connectivity index (χ4v) is 3.80. The van der Waals surface area contributed by atoms with E-state index in [1.807, 2.05) is 5.32 Å². The van der Waals surface area contributed by atoms with Crippen LogP contribution in [0.2, 0.25) is 0 Å². The van der Waals surface area contributed by atoms with Crippen molar-refractivity contribution in [2.24, 2.45) is 0 Å². The summed E-state index contributed by atoms with van der Waals surface area (Å²) >= 11 is 6.29. The molecule has 0 atom stereocenters. The second-order valence-corrected chi connectivity index (χ2v) is 6.56. The molecule has 0 aliphatic carbocycles. The van der Waals surface area contributed by atoms with Crippen LogP contribution in [0.25, 0.3) is 5.69 Å². The van der Waals surface area contributed by atoms with Crippen molar-refractivity contribution in [1.29, 1.82) is 0 Å². The molecule has 11 heteroatoms. The van der Waals surface area contributed by atoms with Crippen LogP contribution in [0.15, 0.2) is 31.9 Å². The highest BCUT2D eigenvalue weighted by molar-refractivity contribution is 9.11. The number of nitrogen functional groups attached to an aromatic ring is 1. The number of aromatic nitrogens is 1. The second-order valence-electron chi connectivity index (χ2n) is 4.79. The molecule has 3 rings (SSSR count). The number of imide groups is 1. The van der Waals surface area contributed by atoms with Crippen LogP contribution in [0.4, 0.5) is 11.5 Å². The van der Waals surface area contributed by atoms with Gasteiger partial charge in [0, 0.05) is 21.1 Å². The zero-order chi connectivity index (χ0) is 17.8. The van der Waals surface area contributed by atoms with Crippen LogP contribution >= 0.6 is 31.9 Å². The summed E-state index contributed by atoms with van der Waals surface area (Å²) < 4.78 is 1.44. The molecule has 0 saturated carbocycles. The van der Waals surface area contributed by atoms with E-state index in [-0.39, 0.29) is 27.1 Å². The molecule has 1 aromatic heterocycles. The minimum absolute atomic E-state index is 0.138. The molecular weight excluding hydrogens is 452 g/mol. The third-order valence-corrected chi connectivity index (χ3v) is 4.44. The zero-order valence-corrected chi connectivity index (χ0v) is 14.7. The van der Waals surface area contributed by atoms with Gasteiger partial charge in [0.15, 0.2) is 0 Å². The zero-order valence-electron chi connectivity index (χ0n) is 11.5. The fraction of sp³-hybridized carbons (Fsp3) is 0. The van der Waals surface area contributed by atoms with Crippen molar-refractivity contribution in [2.75, 3.05) is 5.73 Å². The van der Waals surface area contributed by atoms with E-state index >= 15 is 0 Å².